The highest BCUT2D eigenvalue weighted by molar-refractivity contribution is 6.30. The maximum absolute atomic E-state index is 14.1. The first-order valence-corrected chi connectivity index (χ1v) is 11.3. The number of benzene rings is 3. The fourth-order valence-electron chi connectivity index (χ4n) is 4.84. The van der Waals surface area contributed by atoms with Gasteiger partial charge < -0.3 is 5.11 Å². The molecule has 1 aliphatic heterocycles. The van der Waals surface area contributed by atoms with E-state index in [1.54, 1.807) is 53.4 Å². The van der Waals surface area contributed by atoms with Gasteiger partial charge in [0.2, 0.25) is 0 Å². The second kappa shape index (κ2) is 8.55. The summed E-state index contributed by atoms with van der Waals surface area (Å²) in [5, 5.41) is 22.6. The van der Waals surface area contributed by atoms with Crippen LogP contribution in [0.4, 0.5) is 16.2 Å². The molecule has 6 heteroatoms. The van der Waals surface area contributed by atoms with E-state index < -0.39 is 11.3 Å². The number of halogens is 1. The van der Waals surface area contributed by atoms with Crippen molar-refractivity contribution in [2.75, 3.05) is 9.80 Å². The Bertz CT molecular complexity index is 1220. The summed E-state index contributed by atoms with van der Waals surface area (Å²) in [5.74, 6) is 0. The first kappa shape index (κ1) is 22.8. The van der Waals surface area contributed by atoms with Gasteiger partial charge in [-0.2, -0.15) is 5.26 Å². The minimum Gasteiger partial charge on any atom is -0.364 e. The fourth-order valence-corrected chi connectivity index (χ4v) is 4.97. The summed E-state index contributed by atoms with van der Waals surface area (Å²) in [6, 6.07) is 23.2. The smallest absolute Gasteiger partial charge is 0.332 e. The van der Waals surface area contributed by atoms with Crippen LogP contribution in [0.1, 0.15) is 43.4 Å². The number of hydrogen-bond acceptors (Lipinski definition) is 3. The third-order valence-corrected chi connectivity index (χ3v) is 6.71. The maximum Gasteiger partial charge on any atom is 0.332 e. The molecule has 1 N–H and O–H groups in total. The number of aliphatic hydroxyl groups is 1. The van der Waals surface area contributed by atoms with E-state index >= 15 is 0 Å². The SMILES string of the molecule is CCCC1(C)N(c2ccc(C)cc2)C(=O)N(c2ccc(Cl)cc2)C1(O)c1cccc(C#N)c1. The lowest BCUT2D eigenvalue weighted by molar-refractivity contribution is -0.0140. The van der Waals surface area contributed by atoms with Crippen molar-refractivity contribution in [1.82, 2.24) is 0 Å². The molecule has 33 heavy (non-hydrogen) atoms. The molecule has 0 bridgehead atoms. The molecular formula is C27H26ClN3O2. The first-order valence-electron chi connectivity index (χ1n) is 11.0. The Morgan fingerprint density at radius 3 is 2.21 bits per heavy atom. The van der Waals surface area contributed by atoms with E-state index in [4.69, 9.17) is 11.6 Å². The third kappa shape index (κ3) is 3.56. The summed E-state index contributed by atoms with van der Waals surface area (Å²) in [4.78, 5) is 17.2. The number of carbonyl (C=O) groups is 1. The highest BCUT2D eigenvalue weighted by Crippen LogP contribution is 2.52. The molecule has 2 unspecified atom stereocenters. The van der Waals surface area contributed by atoms with Gasteiger partial charge in [-0.05, 0) is 68.8 Å². The molecule has 0 aromatic heterocycles. The third-order valence-electron chi connectivity index (χ3n) is 6.46. The van der Waals surface area contributed by atoms with Crippen LogP contribution in [-0.4, -0.2) is 16.7 Å². The molecule has 3 aromatic carbocycles. The van der Waals surface area contributed by atoms with Crippen LogP contribution in [-0.2, 0) is 5.72 Å². The van der Waals surface area contributed by atoms with Gasteiger partial charge in [-0.3, -0.25) is 9.80 Å². The van der Waals surface area contributed by atoms with E-state index in [9.17, 15) is 15.2 Å². The lowest BCUT2D eigenvalue weighted by Crippen LogP contribution is -2.58. The molecule has 0 radical (unpaired) electrons. The largest absolute Gasteiger partial charge is 0.364 e. The minimum atomic E-state index is -1.74. The lowest BCUT2D eigenvalue weighted by Gasteiger charge is -2.45. The van der Waals surface area contributed by atoms with E-state index in [0.29, 0.717) is 33.9 Å². The Kier molecular flexibility index (Phi) is 5.92. The number of amides is 2. The number of carbonyl (C=O) groups excluding carboxylic acids is 1. The topological polar surface area (TPSA) is 67.6 Å². The number of nitrogens with zero attached hydrogens (tertiary/aromatic N) is 3. The molecule has 5 nitrogen and oxygen atoms in total. The zero-order valence-electron chi connectivity index (χ0n) is 18.9. The molecule has 1 fully saturated rings. The molecular weight excluding hydrogens is 434 g/mol. The molecule has 0 saturated carbocycles. The molecule has 1 heterocycles. The Labute approximate surface area is 199 Å². The summed E-state index contributed by atoms with van der Waals surface area (Å²) in [6.45, 7) is 5.92. The van der Waals surface area contributed by atoms with E-state index in [1.807, 2.05) is 45.0 Å². The zero-order chi connectivity index (χ0) is 23.8. The van der Waals surface area contributed by atoms with Gasteiger partial charge >= 0.3 is 6.03 Å². The highest BCUT2D eigenvalue weighted by Gasteiger charge is 2.65. The van der Waals surface area contributed by atoms with Crippen LogP contribution in [0.5, 0.6) is 0 Å². The average Bonchev–Trinajstić information content (AvgIpc) is 2.98. The van der Waals surface area contributed by atoms with Crippen LogP contribution in [0.3, 0.4) is 0 Å². The fraction of sp³-hybridized carbons (Fsp3) is 0.259. The standard InChI is InChI=1S/C27H26ClN3O2/c1-4-16-26(3)27(33,21-7-5-6-20(17-21)18-29)31(24-14-10-22(28)11-15-24)25(32)30(26)23-12-8-19(2)9-13-23/h5-15,17,33H,4,16H2,1-3H3. The zero-order valence-corrected chi connectivity index (χ0v) is 19.7. The van der Waals surface area contributed by atoms with Gasteiger partial charge in [-0.15, -0.1) is 0 Å². The van der Waals surface area contributed by atoms with Crippen LogP contribution in [0.25, 0.3) is 0 Å². The molecule has 4 rings (SSSR count). The molecule has 168 valence electrons. The van der Waals surface area contributed by atoms with Crippen molar-refractivity contribution in [2.24, 2.45) is 0 Å². The summed E-state index contributed by atoms with van der Waals surface area (Å²) in [5.41, 5.74) is 0.425. The van der Waals surface area contributed by atoms with Crippen molar-refractivity contribution >= 4 is 29.0 Å². The number of anilines is 2. The van der Waals surface area contributed by atoms with Crippen LogP contribution < -0.4 is 9.80 Å². The van der Waals surface area contributed by atoms with Crippen molar-refractivity contribution < 1.29 is 9.90 Å². The Morgan fingerprint density at radius 2 is 1.61 bits per heavy atom. The van der Waals surface area contributed by atoms with Gasteiger partial charge in [0.1, 0.15) is 0 Å². The van der Waals surface area contributed by atoms with Gasteiger partial charge in [-0.1, -0.05) is 54.8 Å². The Balaban J connectivity index is 2.02. The second-order valence-electron chi connectivity index (χ2n) is 8.65. The normalized spacial score (nSPS) is 22.5. The van der Waals surface area contributed by atoms with Crippen molar-refractivity contribution in [3.63, 3.8) is 0 Å². The summed E-state index contributed by atoms with van der Waals surface area (Å²) >= 11 is 6.12. The van der Waals surface area contributed by atoms with E-state index in [0.717, 1.165) is 12.0 Å². The van der Waals surface area contributed by atoms with Gasteiger partial charge in [0.15, 0.2) is 5.72 Å². The minimum absolute atomic E-state index is 0.345. The highest BCUT2D eigenvalue weighted by atomic mass is 35.5. The van der Waals surface area contributed by atoms with Crippen LogP contribution >= 0.6 is 11.6 Å². The number of aryl methyl sites for hydroxylation is 1. The number of urea groups is 1. The summed E-state index contributed by atoms with van der Waals surface area (Å²) in [7, 11) is 0. The van der Waals surface area contributed by atoms with Crippen molar-refractivity contribution in [1.29, 1.82) is 5.26 Å². The van der Waals surface area contributed by atoms with Crippen molar-refractivity contribution in [2.45, 2.75) is 44.9 Å². The van der Waals surface area contributed by atoms with Crippen molar-refractivity contribution in [3.05, 3.63) is 94.5 Å². The predicted molar refractivity (Wildman–Crippen MR) is 131 cm³/mol. The molecule has 2 amide bonds. The molecule has 3 aromatic rings. The number of nitriles is 1. The van der Waals surface area contributed by atoms with Gasteiger partial charge in [0, 0.05) is 22.0 Å². The molecule has 2 atom stereocenters. The first-order chi connectivity index (χ1) is 15.8. The summed E-state index contributed by atoms with van der Waals surface area (Å²) in [6.07, 6.45) is 1.27. The van der Waals surface area contributed by atoms with Crippen LogP contribution in [0, 0.1) is 18.3 Å². The molecule has 0 spiro atoms. The second-order valence-corrected chi connectivity index (χ2v) is 9.09. The van der Waals surface area contributed by atoms with E-state index in [1.165, 1.54) is 4.90 Å². The Hall–Kier alpha value is -3.33. The molecule has 0 aliphatic carbocycles. The van der Waals surface area contributed by atoms with Crippen LogP contribution in [0.2, 0.25) is 5.02 Å². The van der Waals surface area contributed by atoms with Gasteiger partial charge in [0.25, 0.3) is 0 Å². The Morgan fingerprint density at radius 1 is 1.00 bits per heavy atom. The number of hydrogen-bond donors (Lipinski definition) is 1. The van der Waals surface area contributed by atoms with E-state index in [2.05, 4.69) is 6.07 Å². The van der Waals surface area contributed by atoms with Crippen molar-refractivity contribution in [3.8, 4) is 6.07 Å². The quantitative estimate of drug-likeness (QED) is 0.482. The average molecular weight is 460 g/mol. The molecule has 1 saturated heterocycles. The molecule has 1 aliphatic rings. The van der Waals surface area contributed by atoms with E-state index in [-0.39, 0.29) is 6.03 Å². The van der Waals surface area contributed by atoms with Crippen LogP contribution in [0.15, 0.2) is 72.8 Å². The predicted octanol–water partition coefficient (Wildman–Crippen LogP) is 6.37. The van der Waals surface area contributed by atoms with Gasteiger partial charge in [-0.25, -0.2) is 4.79 Å². The number of rotatable bonds is 5. The monoisotopic (exact) mass is 459 g/mol. The maximum atomic E-state index is 14.1. The lowest BCUT2D eigenvalue weighted by atomic mass is 9.78. The van der Waals surface area contributed by atoms with Gasteiger partial charge in [0.05, 0.1) is 17.2 Å². The summed E-state index contributed by atoms with van der Waals surface area (Å²) < 4.78 is 0.